The van der Waals surface area contributed by atoms with E-state index in [9.17, 15) is 10.1 Å². The van der Waals surface area contributed by atoms with Crippen LogP contribution in [0.5, 0.6) is 0 Å². The van der Waals surface area contributed by atoms with Gasteiger partial charge in [0.2, 0.25) is 0 Å². The van der Waals surface area contributed by atoms with Crippen molar-refractivity contribution in [3.05, 3.63) is 39.4 Å². The number of nitrogens with zero attached hydrogens (tertiary/aromatic N) is 1. The Kier molecular flexibility index (Phi) is 3.01. The third kappa shape index (κ3) is 2.28. The van der Waals surface area contributed by atoms with Crippen LogP contribution in [0.2, 0.25) is 0 Å². The van der Waals surface area contributed by atoms with E-state index in [4.69, 9.17) is 0 Å². The maximum Gasteiger partial charge on any atom is 0.272 e. The van der Waals surface area contributed by atoms with Crippen LogP contribution < -0.4 is 0 Å². The second kappa shape index (κ2) is 4.03. The molecule has 13 heavy (non-hydrogen) atoms. The summed E-state index contributed by atoms with van der Waals surface area (Å²) in [6.07, 6.45) is 1.71. The third-order valence-corrected chi connectivity index (χ3v) is 1.96. The normalized spacial score (nSPS) is 10.0. The molecule has 0 radical (unpaired) electrons. The van der Waals surface area contributed by atoms with E-state index in [1.165, 1.54) is 0 Å². The molecule has 0 spiro atoms. The van der Waals surface area contributed by atoms with Gasteiger partial charge in [-0.05, 0) is 18.9 Å². The summed E-state index contributed by atoms with van der Waals surface area (Å²) in [5.74, 6) is 0. The molecule has 0 amide bonds. The molecule has 0 N–H and O–H groups in total. The molecule has 0 aliphatic carbocycles. The molecule has 3 heteroatoms. The Labute approximate surface area is 77.5 Å². The molecule has 0 fully saturated rings. The molecule has 1 aromatic carbocycles. The van der Waals surface area contributed by atoms with Crippen molar-refractivity contribution in [1.29, 1.82) is 0 Å². The Hall–Kier alpha value is -1.38. The average molecular weight is 179 g/mol. The summed E-state index contributed by atoms with van der Waals surface area (Å²) in [5.41, 5.74) is 2.02. The van der Waals surface area contributed by atoms with Gasteiger partial charge in [-0.3, -0.25) is 10.1 Å². The van der Waals surface area contributed by atoms with Gasteiger partial charge in [-0.2, -0.15) is 0 Å². The molecule has 0 atom stereocenters. The minimum atomic E-state index is -0.308. The second-order valence-electron chi connectivity index (χ2n) is 3.14. The quantitative estimate of drug-likeness (QED) is 0.529. The lowest BCUT2D eigenvalue weighted by atomic mass is 10.1. The van der Waals surface area contributed by atoms with Crippen molar-refractivity contribution < 1.29 is 4.92 Å². The molecule has 1 aromatic rings. The van der Waals surface area contributed by atoms with Crippen molar-refractivity contribution in [3.8, 4) is 0 Å². The fourth-order valence-electron chi connectivity index (χ4n) is 1.32. The van der Waals surface area contributed by atoms with Crippen LogP contribution in [0.25, 0.3) is 0 Å². The first-order valence-electron chi connectivity index (χ1n) is 4.39. The summed E-state index contributed by atoms with van der Waals surface area (Å²) in [5, 5.41) is 10.7. The molecule has 0 saturated carbocycles. The highest BCUT2D eigenvalue weighted by Gasteiger charge is 2.11. The van der Waals surface area contributed by atoms with Gasteiger partial charge in [0.05, 0.1) is 4.92 Å². The molecular weight excluding hydrogens is 166 g/mol. The van der Waals surface area contributed by atoms with Gasteiger partial charge in [0, 0.05) is 11.6 Å². The van der Waals surface area contributed by atoms with Crippen LogP contribution in [0.1, 0.15) is 24.5 Å². The zero-order chi connectivity index (χ0) is 9.84. The van der Waals surface area contributed by atoms with E-state index in [1.54, 1.807) is 6.07 Å². The largest absolute Gasteiger partial charge is 0.272 e. The van der Waals surface area contributed by atoms with Gasteiger partial charge >= 0.3 is 0 Å². The van der Waals surface area contributed by atoms with Crippen LogP contribution in [-0.4, -0.2) is 4.92 Å². The van der Waals surface area contributed by atoms with Crippen LogP contribution >= 0.6 is 0 Å². The predicted octanol–water partition coefficient (Wildman–Crippen LogP) is 2.86. The highest BCUT2D eigenvalue weighted by atomic mass is 16.6. The Bertz CT molecular complexity index is 321. The van der Waals surface area contributed by atoms with Gasteiger partial charge in [0.1, 0.15) is 0 Å². The fraction of sp³-hybridized carbons (Fsp3) is 0.400. The standard InChI is InChI=1S/C10H13NO2/c1-3-4-9-6-5-8(2)7-10(9)11(12)13/h5-7H,3-4H2,1-2H3. The number of nitro groups is 1. The molecule has 0 saturated heterocycles. The molecule has 0 aromatic heterocycles. The minimum Gasteiger partial charge on any atom is -0.258 e. The van der Waals surface area contributed by atoms with Crippen molar-refractivity contribution in [1.82, 2.24) is 0 Å². The molecule has 3 nitrogen and oxygen atoms in total. The van der Waals surface area contributed by atoms with E-state index in [0.717, 1.165) is 24.0 Å². The number of nitro benzene ring substituents is 1. The van der Waals surface area contributed by atoms with E-state index in [0.29, 0.717) is 0 Å². The second-order valence-corrected chi connectivity index (χ2v) is 3.14. The van der Waals surface area contributed by atoms with Crippen molar-refractivity contribution >= 4 is 5.69 Å². The fourth-order valence-corrected chi connectivity index (χ4v) is 1.32. The summed E-state index contributed by atoms with van der Waals surface area (Å²) < 4.78 is 0. The van der Waals surface area contributed by atoms with E-state index in [-0.39, 0.29) is 10.6 Å². The first-order chi connectivity index (χ1) is 6.15. The zero-order valence-electron chi connectivity index (χ0n) is 7.91. The molecular formula is C10H13NO2. The Morgan fingerprint density at radius 1 is 1.46 bits per heavy atom. The maximum absolute atomic E-state index is 10.7. The summed E-state index contributed by atoms with van der Waals surface area (Å²) in [7, 11) is 0. The summed E-state index contributed by atoms with van der Waals surface area (Å²) in [6.45, 7) is 3.88. The Morgan fingerprint density at radius 2 is 2.15 bits per heavy atom. The van der Waals surface area contributed by atoms with E-state index >= 15 is 0 Å². The number of rotatable bonds is 3. The van der Waals surface area contributed by atoms with Gasteiger partial charge in [0.15, 0.2) is 0 Å². The minimum absolute atomic E-state index is 0.252. The maximum atomic E-state index is 10.7. The van der Waals surface area contributed by atoms with Crippen LogP contribution in [0.3, 0.4) is 0 Å². The highest BCUT2D eigenvalue weighted by molar-refractivity contribution is 5.42. The highest BCUT2D eigenvalue weighted by Crippen LogP contribution is 2.21. The average Bonchev–Trinajstić information content (AvgIpc) is 2.08. The molecule has 0 unspecified atom stereocenters. The van der Waals surface area contributed by atoms with E-state index in [1.807, 2.05) is 26.0 Å². The van der Waals surface area contributed by atoms with Crippen LogP contribution in [-0.2, 0) is 6.42 Å². The van der Waals surface area contributed by atoms with Crippen LogP contribution in [0, 0.1) is 17.0 Å². The molecule has 0 heterocycles. The summed E-state index contributed by atoms with van der Waals surface area (Å²) in [6, 6.07) is 5.39. The SMILES string of the molecule is CCCc1ccc(C)cc1[N+](=O)[O-]. The monoisotopic (exact) mass is 179 g/mol. The molecule has 0 aliphatic rings. The number of hydrogen-bond donors (Lipinski definition) is 0. The van der Waals surface area contributed by atoms with Crippen molar-refractivity contribution in [2.24, 2.45) is 0 Å². The van der Waals surface area contributed by atoms with E-state index in [2.05, 4.69) is 0 Å². The van der Waals surface area contributed by atoms with Crippen molar-refractivity contribution in [3.63, 3.8) is 0 Å². The smallest absolute Gasteiger partial charge is 0.258 e. The first kappa shape index (κ1) is 9.71. The van der Waals surface area contributed by atoms with Gasteiger partial charge in [-0.1, -0.05) is 25.5 Å². The first-order valence-corrected chi connectivity index (χ1v) is 4.39. The lowest BCUT2D eigenvalue weighted by molar-refractivity contribution is -0.385. The van der Waals surface area contributed by atoms with Crippen molar-refractivity contribution in [2.75, 3.05) is 0 Å². The molecule has 70 valence electrons. The zero-order valence-corrected chi connectivity index (χ0v) is 7.91. The number of aryl methyl sites for hydroxylation is 2. The Balaban J connectivity index is 3.10. The number of hydrogen-bond acceptors (Lipinski definition) is 2. The lowest BCUT2D eigenvalue weighted by Gasteiger charge is -2.01. The lowest BCUT2D eigenvalue weighted by Crippen LogP contribution is -1.95. The summed E-state index contributed by atoms with van der Waals surface area (Å²) >= 11 is 0. The van der Waals surface area contributed by atoms with Crippen molar-refractivity contribution in [2.45, 2.75) is 26.7 Å². The predicted molar refractivity (Wildman–Crippen MR) is 51.8 cm³/mol. The Morgan fingerprint density at radius 3 is 2.69 bits per heavy atom. The third-order valence-electron chi connectivity index (χ3n) is 1.96. The van der Waals surface area contributed by atoms with E-state index < -0.39 is 0 Å². The van der Waals surface area contributed by atoms with Gasteiger partial charge in [-0.25, -0.2) is 0 Å². The summed E-state index contributed by atoms with van der Waals surface area (Å²) in [4.78, 5) is 10.3. The van der Waals surface area contributed by atoms with Crippen LogP contribution in [0.15, 0.2) is 18.2 Å². The van der Waals surface area contributed by atoms with Gasteiger partial charge in [0.25, 0.3) is 5.69 Å². The molecule has 0 bridgehead atoms. The topological polar surface area (TPSA) is 43.1 Å². The number of benzene rings is 1. The van der Waals surface area contributed by atoms with Crippen LogP contribution in [0.4, 0.5) is 5.69 Å². The van der Waals surface area contributed by atoms with Gasteiger partial charge in [-0.15, -0.1) is 0 Å². The molecule has 1 rings (SSSR count). The molecule has 0 aliphatic heterocycles. The van der Waals surface area contributed by atoms with Gasteiger partial charge < -0.3 is 0 Å².